The first-order chi connectivity index (χ1) is 5.67. The first-order valence-electron chi connectivity index (χ1n) is 3.73. The van der Waals surface area contributed by atoms with Gasteiger partial charge in [-0.2, -0.15) is 0 Å². The maximum Gasteiger partial charge on any atom is 0.237 e. The summed E-state index contributed by atoms with van der Waals surface area (Å²) in [5, 5.41) is 13.8. The van der Waals surface area contributed by atoms with Gasteiger partial charge in [0.25, 0.3) is 0 Å². The SMILES string of the molecule is CCO/C(=N/O)C(C)C(=O)NC. The predicted molar refractivity (Wildman–Crippen MR) is 44.1 cm³/mol. The molecule has 12 heavy (non-hydrogen) atoms. The minimum absolute atomic E-state index is 0.0388. The van der Waals surface area contributed by atoms with E-state index in [1.807, 2.05) is 0 Å². The lowest BCUT2D eigenvalue weighted by molar-refractivity contribution is -0.122. The minimum atomic E-state index is -0.556. The average molecular weight is 174 g/mol. The lowest BCUT2D eigenvalue weighted by Crippen LogP contribution is -2.32. The van der Waals surface area contributed by atoms with Crippen LogP contribution in [0.15, 0.2) is 5.16 Å². The molecule has 0 spiro atoms. The third-order valence-electron chi connectivity index (χ3n) is 1.40. The van der Waals surface area contributed by atoms with Crippen LogP contribution in [0.1, 0.15) is 13.8 Å². The second-order valence-electron chi connectivity index (χ2n) is 2.21. The Balaban J connectivity index is 4.22. The molecule has 5 nitrogen and oxygen atoms in total. The number of carbonyl (C=O) groups is 1. The van der Waals surface area contributed by atoms with E-state index in [0.717, 1.165) is 0 Å². The highest BCUT2D eigenvalue weighted by Crippen LogP contribution is 2.00. The van der Waals surface area contributed by atoms with Gasteiger partial charge in [0.05, 0.1) is 6.61 Å². The molecule has 0 rings (SSSR count). The van der Waals surface area contributed by atoms with Crippen molar-refractivity contribution in [3.63, 3.8) is 0 Å². The Morgan fingerprint density at radius 3 is 2.67 bits per heavy atom. The highest BCUT2D eigenvalue weighted by Gasteiger charge is 2.19. The van der Waals surface area contributed by atoms with Crippen molar-refractivity contribution >= 4 is 11.8 Å². The molecule has 2 N–H and O–H groups in total. The molecule has 0 aromatic heterocycles. The fraction of sp³-hybridized carbons (Fsp3) is 0.714. The summed E-state index contributed by atoms with van der Waals surface area (Å²) in [6.07, 6.45) is 0. The molecule has 1 amide bonds. The molecular weight excluding hydrogens is 160 g/mol. The van der Waals surface area contributed by atoms with Gasteiger partial charge < -0.3 is 15.3 Å². The number of amides is 1. The van der Waals surface area contributed by atoms with E-state index < -0.39 is 5.92 Å². The zero-order chi connectivity index (χ0) is 9.56. The Bertz CT molecular complexity index is 179. The molecule has 0 radical (unpaired) electrons. The summed E-state index contributed by atoms with van der Waals surface area (Å²) in [4.78, 5) is 11.0. The zero-order valence-electron chi connectivity index (χ0n) is 7.50. The summed E-state index contributed by atoms with van der Waals surface area (Å²) in [6, 6.07) is 0. The fourth-order valence-electron chi connectivity index (χ4n) is 0.717. The van der Waals surface area contributed by atoms with Gasteiger partial charge in [-0.15, -0.1) is 0 Å². The van der Waals surface area contributed by atoms with Crippen molar-refractivity contribution in [2.75, 3.05) is 13.7 Å². The van der Waals surface area contributed by atoms with Crippen LogP contribution in [0.5, 0.6) is 0 Å². The summed E-state index contributed by atoms with van der Waals surface area (Å²) >= 11 is 0. The van der Waals surface area contributed by atoms with Crippen molar-refractivity contribution in [2.45, 2.75) is 13.8 Å². The van der Waals surface area contributed by atoms with Gasteiger partial charge in [-0.3, -0.25) is 4.79 Å². The Morgan fingerprint density at radius 2 is 2.33 bits per heavy atom. The molecule has 0 fully saturated rings. The van der Waals surface area contributed by atoms with Crippen LogP contribution < -0.4 is 5.32 Å². The van der Waals surface area contributed by atoms with Crippen molar-refractivity contribution in [1.82, 2.24) is 5.32 Å². The highest BCUT2D eigenvalue weighted by molar-refractivity contribution is 5.99. The van der Waals surface area contributed by atoms with Gasteiger partial charge in [0.2, 0.25) is 11.8 Å². The van der Waals surface area contributed by atoms with E-state index >= 15 is 0 Å². The lowest BCUT2D eigenvalue weighted by atomic mass is 10.1. The van der Waals surface area contributed by atoms with Gasteiger partial charge in [-0.25, -0.2) is 0 Å². The van der Waals surface area contributed by atoms with Crippen LogP contribution in [0.3, 0.4) is 0 Å². The molecule has 1 unspecified atom stereocenters. The molecule has 0 aromatic carbocycles. The van der Waals surface area contributed by atoms with Gasteiger partial charge >= 0.3 is 0 Å². The number of rotatable bonds is 3. The maximum atomic E-state index is 11.0. The monoisotopic (exact) mass is 174 g/mol. The largest absolute Gasteiger partial charge is 0.478 e. The average Bonchev–Trinajstić information content (AvgIpc) is 2.11. The topological polar surface area (TPSA) is 70.9 Å². The van der Waals surface area contributed by atoms with Crippen molar-refractivity contribution in [3.05, 3.63) is 0 Å². The lowest BCUT2D eigenvalue weighted by Gasteiger charge is -2.11. The molecular formula is C7H14N2O3. The Labute approximate surface area is 71.4 Å². The van der Waals surface area contributed by atoms with Crippen LogP contribution >= 0.6 is 0 Å². The Hall–Kier alpha value is -1.26. The molecule has 70 valence electrons. The van der Waals surface area contributed by atoms with Crippen molar-refractivity contribution in [1.29, 1.82) is 0 Å². The molecule has 5 heteroatoms. The standard InChI is InChI=1S/C7H14N2O3/c1-4-12-7(9-11)5(2)6(10)8-3/h5,11H,4H2,1-3H3,(H,8,10)/b9-7+. The highest BCUT2D eigenvalue weighted by atomic mass is 16.5. The van der Waals surface area contributed by atoms with Gasteiger partial charge in [0.15, 0.2) is 0 Å². The normalized spacial score (nSPS) is 13.8. The molecule has 0 aromatic rings. The van der Waals surface area contributed by atoms with Crippen LogP contribution in [0.2, 0.25) is 0 Å². The second kappa shape index (κ2) is 5.40. The Morgan fingerprint density at radius 1 is 1.75 bits per heavy atom. The van der Waals surface area contributed by atoms with Gasteiger partial charge in [-0.1, -0.05) is 5.16 Å². The molecule has 1 atom stereocenters. The first-order valence-corrected chi connectivity index (χ1v) is 3.73. The summed E-state index contributed by atoms with van der Waals surface area (Å²) in [7, 11) is 1.51. The summed E-state index contributed by atoms with van der Waals surface area (Å²) in [6.45, 7) is 3.73. The van der Waals surface area contributed by atoms with Crippen LogP contribution in [0.25, 0.3) is 0 Å². The fourth-order valence-corrected chi connectivity index (χ4v) is 0.717. The number of hydrogen-bond acceptors (Lipinski definition) is 4. The zero-order valence-corrected chi connectivity index (χ0v) is 7.50. The van der Waals surface area contributed by atoms with E-state index in [0.29, 0.717) is 6.61 Å². The predicted octanol–water partition coefficient (Wildman–Crippen LogP) is 0.193. The van der Waals surface area contributed by atoms with Gasteiger partial charge in [-0.05, 0) is 13.8 Å². The number of nitrogens with zero attached hydrogens (tertiary/aromatic N) is 1. The van der Waals surface area contributed by atoms with E-state index in [1.165, 1.54) is 7.05 Å². The van der Waals surface area contributed by atoms with Gasteiger partial charge in [0.1, 0.15) is 5.92 Å². The quantitative estimate of drug-likeness (QED) is 0.278. The molecule has 0 saturated carbocycles. The second-order valence-corrected chi connectivity index (χ2v) is 2.21. The molecule has 0 heterocycles. The number of hydrogen-bond donors (Lipinski definition) is 2. The van der Waals surface area contributed by atoms with Crippen molar-refractivity contribution < 1.29 is 14.7 Å². The van der Waals surface area contributed by atoms with Crippen LogP contribution in [-0.2, 0) is 9.53 Å². The summed E-state index contributed by atoms with van der Waals surface area (Å²) < 4.78 is 4.92. The summed E-state index contributed by atoms with van der Waals surface area (Å²) in [5.74, 6) is -0.756. The summed E-state index contributed by atoms with van der Waals surface area (Å²) in [5.41, 5.74) is 0. The molecule has 0 bridgehead atoms. The maximum absolute atomic E-state index is 11.0. The minimum Gasteiger partial charge on any atom is -0.478 e. The number of ether oxygens (including phenoxy) is 1. The van der Waals surface area contributed by atoms with Crippen LogP contribution in [0.4, 0.5) is 0 Å². The van der Waals surface area contributed by atoms with E-state index in [-0.39, 0.29) is 11.8 Å². The van der Waals surface area contributed by atoms with Crippen molar-refractivity contribution in [2.24, 2.45) is 11.1 Å². The van der Waals surface area contributed by atoms with Crippen molar-refractivity contribution in [3.8, 4) is 0 Å². The van der Waals surface area contributed by atoms with Crippen LogP contribution in [-0.4, -0.2) is 30.7 Å². The number of carbonyl (C=O) groups excluding carboxylic acids is 1. The molecule has 0 aliphatic heterocycles. The number of oxime groups is 1. The third kappa shape index (κ3) is 2.77. The smallest absolute Gasteiger partial charge is 0.237 e. The van der Waals surface area contributed by atoms with E-state index in [1.54, 1.807) is 13.8 Å². The van der Waals surface area contributed by atoms with E-state index in [2.05, 4.69) is 10.5 Å². The third-order valence-corrected chi connectivity index (χ3v) is 1.40. The first kappa shape index (κ1) is 10.7. The Kier molecular flexibility index (Phi) is 4.83. The molecule has 0 aliphatic carbocycles. The molecule has 0 saturated heterocycles. The number of nitrogens with one attached hydrogen (secondary N) is 1. The van der Waals surface area contributed by atoms with E-state index in [9.17, 15) is 4.79 Å². The van der Waals surface area contributed by atoms with Crippen LogP contribution in [0, 0.1) is 5.92 Å². The van der Waals surface area contributed by atoms with Gasteiger partial charge in [0, 0.05) is 7.05 Å². The van der Waals surface area contributed by atoms with E-state index in [4.69, 9.17) is 9.94 Å². The molecule has 0 aliphatic rings.